The Labute approximate surface area is 143 Å². The molecule has 0 radical (unpaired) electrons. The third-order valence-corrected chi connectivity index (χ3v) is 6.18. The average Bonchev–Trinajstić information content (AvgIpc) is 2.78. The normalized spacial score (nSPS) is 36.8. The van der Waals surface area contributed by atoms with Crippen molar-refractivity contribution in [1.82, 2.24) is 15.5 Å². The number of imide groups is 1. The monoisotopic (exact) mass is 335 g/mol. The van der Waals surface area contributed by atoms with Gasteiger partial charge in [-0.1, -0.05) is 26.7 Å². The summed E-state index contributed by atoms with van der Waals surface area (Å²) in [7, 11) is 0. The second-order valence-corrected chi connectivity index (χ2v) is 7.96. The van der Waals surface area contributed by atoms with E-state index in [1.54, 1.807) is 0 Å². The lowest BCUT2D eigenvalue weighted by molar-refractivity contribution is -0.137. The topological polar surface area (TPSA) is 78.5 Å². The first-order valence-corrected chi connectivity index (χ1v) is 9.36. The average molecular weight is 335 g/mol. The van der Waals surface area contributed by atoms with Crippen molar-refractivity contribution in [3.63, 3.8) is 0 Å². The molecule has 0 aromatic rings. The minimum Gasteiger partial charge on any atom is -0.352 e. The molecular formula is C18H29N3O3. The second kappa shape index (κ2) is 6.73. The first-order chi connectivity index (χ1) is 11.4. The van der Waals surface area contributed by atoms with E-state index in [0.29, 0.717) is 6.42 Å². The summed E-state index contributed by atoms with van der Waals surface area (Å²) < 4.78 is 0. The van der Waals surface area contributed by atoms with E-state index in [0.717, 1.165) is 55.8 Å². The molecule has 2 N–H and O–H groups in total. The van der Waals surface area contributed by atoms with Gasteiger partial charge in [-0.2, -0.15) is 0 Å². The van der Waals surface area contributed by atoms with Crippen LogP contribution in [0.4, 0.5) is 4.79 Å². The van der Waals surface area contributed by atoms with Gasteiger partial charge in [-0.25, -0.2) is 4.79 Å². The van der Waals surface area contributed by atoms with Crippen LogP contribution in [-0.4, -0.2) is 40.9 Å². The zero-order chi connectivity index (χ0) is 17.3. The van der Waals surface area contributed by atoms with Gasteiger partial charge in [0.25, 0.3) is 5.91 Å². The van der Waals surface area contributed by atoms with Crippen molar-refractivity contribution < 1.29 is 14.4 Å². The molecule has 0 unspecified atom stereocenters. The number of amides is 4. The minimum absolute atomic E-state index is 0.121. The van der Waals surface area contributed by atoms with Crippen molar-refractivity contribution in [3.05, 3.63) is 0 Å². The van der Waals surface area contributed by atoms with Crippen LogP contribution in [0.3, 0.4) is 0 Å². The maximum Gasteiger partial charge on any atom is 0.325 e. The van der Waals surface area contributed by atoms with E-state index in [2.05, 4.69) is 17.6 Å². The number of hydrogen-bond donors (Lipinski definition) is 2. The number of carbonyl (C=O) groups excluding carboxylic acids is 3. The van der Waals surface area contributed by atoms with Crippen molar-refractivity contribution >= 4 is 17.8 Å². The molecule has 2 saturated carbocycles. The van der Waals surface area contributed by atoms with E-state index < -0.39 is 11.6 Å². The lowest BCUT2D eigenvalue weighted by Gasteiger charge is -2.36. The van der Waals surface area contributed by atoms with Crippen molar-refractivity contribution in [1.29, 1.82) is 0 Å². The molecule has 1 heterocycles. The standard InChI is InChI=1S/C18H29N3O3/c1-12-6-8-14(9-7-12)19-15(22)11-21-16(23)18(20-17(21)24)10-4-3-5-13(18)2/h12-14H,3-11H2,1-2H3,(H,19,22)(H,20,24)/t12?,13-,14?,18-/m0/s1. The van der Waals surface area contributed by atoms with Gasteiger partial charge in [0.2, 0.25) is 5.91 Å². The summed E-state index contributed by atoms with van der Waals surface area (Å²) in [5.41, 5.74) is -0.782. The van der Waals surface area contributed by atoms with E-state index in [-0.39, 0.29) is 30.3 Å². The minimum atomic E-state index is -0.782. The quantitative estimate of drug-likeness (QED) is 0.776. The van der Waals surface area contributed by atoms with Crippen LogP contribution in [0.25, 0.3) is 0 Å². The molecule has 1 saturated heterocycles. The van der Waals surface area contributed by atoms with Crippen molar-refractivity contribution in [2.24, 2.45) is 11.8 Å². The number of rotatable bonds is 3. The highest BCUT2D eigenvalue weighted by molar-refractivity contribution is 6.09. The number of carbonyl (C=O) groups is 3. The smallest absolute Gasteiger partial charge is 0.325 e. The number of urea groups is 1. The Hall–Kier alpha value is -1.59. The van der Waals surface area contributed by atoms with Crippen LogP contribution in [0, 0.1) is 11.8 Å². The number of hydrogen-bond acceptors (Lipinski definition) is 3. The summed E-state index contributed by atoms with van der Waals surface area (Å²) in [6.45, 7) is 4.09. The lowest BCUT2D eigenvalue weighted by atomic mass is 9.73. The van der Waals surface area contributed by atoms with Crippen LogP contribution in [-0.2, 0) is 9.59 Å². The van der Waals surface area contributed by atoms with Crippen molar-refractivity contribution in [2.45, 2.75) is 76.8 Å². The van der Waals surface area contributed by atoms with Gasteiger partial charge in [-0.15, -0.1) is 0 Å². The van der Waals surface area contributed by atoms with Gasteiger partial charge in [0.05, 0.1) is 0 Å². The Balaban J connectivity index is 1.59. The molecule has 3 fully saturated rings. The predicted molar refractivity (Wildman–Crippen MR) is 90.2 cm³/mol. The Bertz CT molecular complexity index is 528. The Morgan fingerprint density at radius 1 is 1.17 bits per heavy atom. The first kappa shape index (κ1) is 17.2. The van der Waals surface area contributed by atoms with E-state index in [9.17, 15) is 14.4 Å². The van der Waals surface area contributed by atoms with Gasteiger partial charge in [0.15, 0.2) is 0 Å². The highest BCUT2D eigenvalue weighted by Crippen LogP contribution is 2.38. The summed E-state index contributed by atoms with van der Waals surface area (Å²) in [6.07, 6.45) is 7.85. The van der Waals surface area contributed by atoms with E-state index >= 15 is 0 Å². The zero-order valence-corrected chi connectivity index (χ0v) is 14.8. The predicted octanol–water partition coefficient (Wildman–Crippen LogP) is 2.18. The van der Waals surface area contributed by atoms with E-state index in [1.165, 1.54) is 0 Å². The van der Waals surface area contributed by atoms with Crippen molar-refractivity contribution in [3.8, 4) is 0 Å². The summed E-state index contributed by atoms with van der Waals surface area (Å²) in [4.78, 5) is 38.5. The van der Waals surface area contributed by atoms with Crippen LogP contribution < -0.4 is 10.6 Å². The molecular weight excluding hydrogens is 306 g/mol. The summed E-state index contributed by atoms with van der Waals surface area (Å²) in [5.74, 6) is 0.401. The molecule has 6 heteroatoms. The largest absolute Gasteiger partial charge is 0.352 e. The molecule has 24 heavy (non-hydrogen) atoms. The fraction of sp³-hybridized carbons (Fsp3) is 0.833. The molecule has 134 valence electrons. The SMILES string of the molecule is CC1CCC(NC(=O)CN2C(=O)N[C@]3(CCCC[C@@H]3C)C2=O)CC1. The Morgan fingerprint density at radius 2 is 1.88 bits per heavy atom. The molecule has 3 aliphatic rings. The van der Waals surface area contributed by atoms with Gasteiger partial charge in [-0.3, -0.25) is 14.5 Å². The first-order valence-electron chi connectivity index (χ1n) is 9.36. The summed E-state index contributed by atoms with van der Waals surface area (Å²) in [5, 5.41) is 5.89. The fourth-order valence-corrected chi connectivity index (χ4v) is 4.46. The second-order valence-electron chi connectivity index (χ2n) is 7.96. The molecule has 1 spiro atoms. The molecule has 6 nitrogen and oxygen atoms in total. The summed E-state index contributed by atoms with van der Waals surface area (Å²) in [6, 6.07) is -0.238. The molecule has 2 atom stereocenters. The molecule has 4 amide bonds. The number of nitrogens with zero attached hydrogens (tertiary/aromatic N) is 1. The number of nitrogens with one attached hydrogen (secondary N) is 2. The fourth-order valence-electron chi connectivity index (χ4n) is 4.46. The maximum atomic E-state index is 12.8. The molecule has 0 bridgehead atoms. The van der Waals surface area contributed by atoms with E-state index in [4.69, 9.17) is 0 Å². The van der Waals surface area contributed by atoms with E-state index in [1.807, 2.05) is 6.92 Å². The summed E-state index contributed by atoms with van der Waals surface area (Å²) >= 11 is 0. The van der Waals surface area contributed by atoms with Gasteiger partial charge in [0, 0.05) is 6.04 Å². The lowest BCUT2D eigenvalue weighted by Crippen LogP contribution is -2.54. The van der Waals surface area contributed by atoms with Crippen LogP contribution in [0.15, 0.2) is 0 Å². The molecule has 1 aliphatic heterocycles. The maximum absolute atomic E-state index is 12.8. The van der Waals surface area contributed by atoms with Gasteiger partial charge in [0.1, 0.15) is 12.1 Å². The highest BCUT2D eigenvalue weighted by atomic mass is 16.2. The molecule has 0 aromatic heterocycles. The van der Waals surface area contributed by atoms with Gasteiger partial charge in [-0.05, 0) is 50.4 Å². The zero-order valence-electron chi connectivity index (χ0n) is 14.8. The molecule has 3 rings (SSSR count). The van der Waals surface area contributed by atoms with Gasteiger partial charge >= 0.3 is 6.03 Å². The van der Waals surface area contributed by atoms with Crippen molar-refractivity contribution in [2.75, 3.05) is 6.54 Å². The van der Waals surface area contributed by atoms with Crippen LogP contribution >= 0.6 is 0 Å². The highest BCUT2D eigenvalue weighted by Gasteiger charge is 2.55. The van der Waals surface area contributed by atoms with Crippen LogP contribution in [0.1, 0.15) is 65.2 Å². The third-order valence-electron chi connectivity index (χ3n) is 6.18. The Kier molecular flexibility index (Phi) is 4.83. The molecule has 0 aromatic carbocycles. The van der Waals surface area contributed by atoms with Gasteiger partial charge < -0.3 is 10.6 Å². The van der Waals surface area contributed by atoms with Crippen LogP contribution in [0.5, 0.6) is 0 Å². The molecule has 2 aliphatic carbocycles. The third kappa shape index (κ3) is 3.15. The Morgan fingerprint density at radius 3 is 2.54 bits per heavy atom. The van der Waals surface area contributed by atoms with Crippen LogP contribution in [0.2, 0.25) is 0 Å².